The molecule has 0 aliphatic carbocycles. The minimum absolute atomic E-state index is 1.04. The summed E-state index contributed by atoms with van der Waals surface area (Å²) in [4.78, 5) is 0. The molecule has 0 fully saturated rings. The summed E-state index contributed by atoms with van der Waals surface area (Å²) in [6.45, 7) is 7.52. The number of aromatic nitrogens is 2. The molecule has 0 radical (unpaired) electrons. The average Bonchev–Trinajstić information content (AvgIpc) is 2.73. The summed E-state index contributed by atoms with van der Waals surface area (Å²) in [5.74, 6) is 0. The molecular weight excluding hydrogens is 234 g/mol. The zero-order valence-electron chi connectivity index (χ0n) is 12.0. The summed E-state index contributed by atoms with van der Waals surface area (Å²) in [7, 11) is 0. The largest absolute Gasteiger partial charge is 0.385 e. The van der Waals surface area contributed by atoms with Gasteiger partial charge in [-0.15, -0.1) is 0 Å². The van der Waals surface area contributed by atoms with Crippen molar-refractivity contribution in [3.63, 3.8) is 0 Å². The van der Waals surface area contributed by atoms with Crippen LogP contribution in [0.4, 0.5) is 5.69 Å². The summed E-state index contributed by atoms with van der Waals surface area (Å²) >= 11 is 0. The average molecular weight is 255 g/mol. The first-order valence-electron chi connectivity index (χ1n) is 7.13. The second-order valence-electron chi connectivity index (χ2n) is 5.29. The molecule has 3 nitrogen and oxygen atoms in total. The fourth-order valence-electron chi connectivity index (χ4n) is 3.02. The quantitative estimate of drug-likeness (QED) is 0.891. The molecule has 2 aromatic rings. The number of nitrogens with zero attached hydrogens (tertiary/aromatic N) is 2. The van der Waals surface area contributed by atoms with E-state index in [0.29, 0.717) is 0 Å². The molecule has 1 aromatic heterocycles. The van der Waals surface area contributed by atoms with Gasteiger partial charge in [0.2, 0.25) is 0 Å². The van der Waals surface area contributed by atoms with Gasteiger partial charge in [-0.2, -0.15) is 5.10 Å². The first-order chi connectivity index (χ1) is 9.20. The van der Waals surface area contributed by atoms with Crippen molar-refractivity contribution in [1.29, 1.82) is 0 Å². The zero-order valence-corrected chi connectivity index (χ0v) is 12.0. The van der Waals surface area contributed by atoms with Crippen LogP contribution in [-0.2, 0) is 12.8 Å². The highest BCUT2D eigenvalue weighted by Gasteiger charge is 2.14. The Balaban J connectivity index is 2.07. The molecule has 0 spiro atoms. The molecule has 2 heterocycles. The van der Waals surface area contributed by atoms with Crippen molar-refractivity contribution in [3.8, 4) is 5.69 Å². The molecule has 3 heteroatoms. The molecule has 1 aliphatic rings. The van der Waals surface area contributed by atoms with Crippen molar-refractivity contribution in [2.24, 2.45) is 0 Å². The third kappa shape index (κ3) is 2.03. The number of nitrogens with one attached hydrogen (secondary N) is 1. The molecule has 100 valence electrons. The Morgan fingerprint density at radius 2 is 2.16 bits per heavy atom. The third-order valence-corrected chi connectivity index (χ3v) is 4.07. The van der Waals surface area contributed by atoms with Crippen molar-refractivity contribution in [2.75, 3.05) is 11.9 Å². The number of fused-ring (bicyclic) bond motifs is 1. The molecule has 0 saturated carbocycles. The van der Waals surface area contributed by atoms with E-state index in [2.05, 4.69) is 54.1 Å². The van der Waals surface area contributed by atoms with E-state index in [9.17, 15) is 0 Å². The van der Waals surface area contributed by atoms with E-state index in [-0.39, 0.29) is 0 Å². The van der Waals surface area contributed by atoms with Gasteiger partial charge < -0.3 is 5.32 Å². The van der Waals surface area contributed by atoms with E-state index in [4.69, 9.17) is 0 Å². The Labute approximate surface area is 114 Å². The second-order valence-corrected chi connectivity index (χ2v) is 5.29. The molecule has 1 N–H and O–H groups in total. The van der Waals surface area contributed by atoms with Crippen molar-refractivity contribution in [2.45, 2.75) is 40.0 Å². The van der Waals surface area contributed by atoms with Crippen molar-refractivity contribution in [1.82, 2.24) is 9.78 Å². The summed E-state index contributed by atoms with van der Waals surface area (Å²) in [5, 5.41) is 8.18. The lowest BCUT2D eigenvalue weighted by atomic mass is 10.0. The van der Waals surface area contributed by atoms with Crippen LogP contribution in [0.1, 0.15) is 35.9 Å². The van der Waals surface area contributed by atoms with Crippen LogP contribution in [0.15, 0.2) is 18.2 Å². The minimum atomic E-state index is 1.04. The third-order valence-electron chi connectivity index (χ3n) is 4.07. The number of rotatable bonds is 2. The second kappa shape index (κ2) is 4.72. The Morgan fingerprint density at radius 3 is 2.89 bits per heavy atom. The summed E-state index contributed by atoms with van der Waals surface area (Å²) in [5.41, 5.74) is 7.63. The monoisotopic (exact) mass is 255 g/mol. The van der Waals surface area contributed by atoms with Crippen LogP contribution in [0.2, 0.25) is 0 Å². The van der Waals surface area contributed by atoms with Crippen LogP contribution in [0.5, 0.6) is 0 Å². The SMILES string of the molecule is CCc1c(C)nn(-c2ccc3c(c2)NCCC3)c1C. The molecule has 3 rings (SSSR count). The Kier molecular flexibility index (Phi) is 3.05. The summed E-state index contributed by atoms with van der Waals surface area (Å²) in [6.07, 6.45) is 3.45. The molecule has 0 unspecified atom stereocenters. The van der Waals surface area contributed by atoms with Gasteiger partial charge in [0.25, 0.3) is 0 Å². The van der Waals surface area contributed by atoms with Gasteiger partial charge in [-0.1, -0.05) is 13.0 Å². The van der Waals surface area contributed by atoms with Gasteiger partial charge in [-0.05, 0) is 56.4 Å². The van der Waals surface area contributed by atoms with E-state index >= 15 is 0 Å². The van der Waals surface area contributed by atoms with E-state index in [1.165, 1.54) is 35.3 Å². The maximum Gasteiger partial charge on any atom is 0.0669 e. The molecule has 1 aromatic carbocycles. The van der Waals surface area contributed by atoms with Gasteiger partial charge >= 0.3 is 0 Å². The molecule has 0 atom stereocenters. The van der Waals surface area contributed by atoms with Crippen molar-refractivity contribution < 1.29 is 0 Å². The maximum absolute atomic E-state index is 4.69. The molecule has 0 saturated heterocycles. The van der Waals surface area contributed by atoms with Crippen LogP contribution < -0.4 is 5.32 Å². The predicted octanol–water partition coefficient (Wildman–Crippen LogP) is 3.41. The van der Waals surface area contributed by atoms with Crippen LogP contribution in [0, 0.1) is 13.8 Å². The number of aryl methyl sites for hydroxylation is 2. The van der Waals surface area contributed by atoms with Gasteiger partial charge in [-0.3, -0.25) is 0 Å². The number of hydrogen-bond acceptors (Lipinski definition) is 2. The highest BCUT2D eigenvalue weighted by Crippen LogP contribution is 2.26. The van der Waals surface area contributed by atoms with Gasteiger partial charge in [0.15, 0.2) is 0 Å². The number of anilines is 1. The van der Waals surface area contributed by atoms with Crippen LogP contribution >= 0.6 is 0 Å². The van der Waals surface area contributed by atoms with Crippen LogP contribution in [-0.4, -0.2) is 16.3 Å². The summed E-state index contributed by atoms with van der Waals surface area (Å²) < 4.78 is 2.07. The lowest BCUT2D eigenvalue weighted by molar-refractivity contribution is 0.813. The van der Waals surface area contributed by atoms with Crippen molar-refractivity contribution >= 4 is 5.69 Å². The van der Waals surface area contributed by atoms with Crippen LogP contribution in [0.25, 0.3) is 5.69 Å². The lowest BCUT2D eigenvalue weighted by Gasteiger charge is -2.19. The fraction of sp³-hybridized carbons (Fsp3) is 0.438. The standard InChI is InChI=1S/C16H21N3/c1-4-15-11(2)18-19(12(15)3)14-8-7-13-6-5-9-17-16(13)10-14/h7-8,10,17H,4-6,9H2,1-3H3. The Bertz CT molecular complexity index is 611. The molecular formula is C16H21N3. The smallest absolute Gasteiger partial charge is 0.0669 e. The van der Waals surface area contributed by atoms with Gasteiger partial charge in [0.05, 0.1) is 11.4 Å². The van der Waals surface area contributed by atoms with Gasteiger partial charge in [-0.25, -0.2) is 4.68 Å². The number of benzene rings is 1. The maximum atomic E-state index is 4.69. The first kappa shape index (κ1) is 12.3. The van der Waals surface area contributed by atoms with Crippen molar-refractivity contribution in [3.05, 3.63) is 40.7 Å². The topological polar surface area (TPSA) is 29.9 Å². The fourth-order valence-corrected chi connectivity index (χ4v) is 3.02. The number of hydrogen-bond donors (Lipinski definition) is 1. The van der Waals surface area contributed by atoms with E-state index in [1.807, 2.05) is 0 Å². The zero-order chi connectivity index (χ0) is 13.4. The Morgan fingerprint density at radius 1 is 1.32 bits per heavy atom. The van der Waals surface area contributed by atoms with E-state index < -0.39 is 0 Å². The lowest BCUT2D eigenvalue weighted by Crippen LogP contribution is -2.12. The minimum Gasteiger partial charge on any atom is -0.385 e. The van der Waals surface area contributed by atoms with Gasteiger partial charge in [0.1, 0.15) is 0 Å². The normalized spacial score (nSPS) is 14.1. The molecule has 0 amide bonds. The van der Waals surface area contributed by atoms with Gasteiger partial charge in [0, 0.05) is 17.9 Å². The highest BCUT2D eigenvalue weighted by molar-refractivity contribution is 5.58. The summed E-state index contributed by atoms with van der Waals surface area (Å²) in [6, 6.07) is 6.65. The Hall–Kier alpha value is -1.77. The molecule has 0 bridgehead atoms. The molecule has 19 heavy (non-hydrogen) atoms. The predicted molar refractivity (Wildman–Crippen MR) is 79.2 cm³/mol. The van der Waals surface area contributed by atoms with E-state index in [0.717, 1.165) is 24.3 Å². The molecule has 1 aliphatic heterocycles. The first-order valence-corrected chi connectivity index (χ1v) is 7.13. The van der Waals surface area contributed by atoms with E-state index in [1.54, 1.807) is 0 Å². The highest BCUT2D eigenvalue weighted by atomic mass is 15.3. The van der Waals surface area contributed by atoms with Crippen LogP contribution in [0.3, 0.4) is 0 Å².